The summed E-state index contributed by atoms with van der Waals surface area (Å²) in [5, 5.41) is 3.31. The van der Waals surface area contributed by atoms with Crippen LogP contribution in [-0.4, -0.2) is 30.9 Å². The molecule has 15 heavy (non-hydrogen) atoms. The second-order valence-corrected chi connectivity index (χ2v) is 5.36. The molecule has 1 N–H and O–H groups in total. The van der Waals surface area contributed by atoms with Gasteiger partial charge in [-0.3, -0.25) is 0 Å². The topological polar surface area (TPSA) is 30.5 Å². The predicted molar refractivity (Wildman–Crippen MR) is 61.6 cm³/mol. The molecule has 1 unspecified atom stereocenters. The predicted octanol–water partition coefficient (Wildman–Crippen LogP) is 1.54. The van der Waals surface area contributed by atoms with Crippen LogP contribution in [0.25, 0.3) is 0 Å². The van der Waals surface area contributed by atoms with Crippen molar-refractivity contribution in [3.8, 4) is 0 Å². The van der Waals surface area contributed by atoms with Crippen LogP contribution in [0.2, 0.25) is 0 Å². The molecule has 2 fully saturated rings. The number of hydrogen-bond acceptors (Lipinski definition) is 3. The summed E-state index contributed by atoms with van der Waals surface area (Å²) in [5.74, 6) is 2.02. The van der Waals surface area contributed by atoms with Gasteiger partial charge >= 0.3 is 7.12 Å². The number of hydrogen-bond donors (Lipinski definition) is 1. The van der Waals surface area contributed by atoms with E-state index in [2.05, 4.69) is 39.1 Å². The minimum atomic E-state index is -0.227. The molecule has 2 aliphatic rings. The average molecular weight is 209 g/mol. The summed E-state index contributed by atoms with van der Waals surface area (Å²) in [6.45, 7) is 9.41. The van der Waals surface area contributed by atoms with Gasteiger partial charge in [-0.15, -0.1) is 0 Å². The summed E-state index contributed by atoms with van der Waals surface area (Å²) in [5.41, 5.74) is -0.454. The first-order chi connectivity index (χ1) is 6.91. The maximum atomic E-state index is 5.85. The molecule has 0 bridgehead atoms. The minimum Gasteiger partial charge on any atom is -0.400 e. The highest BCUT2D eigenvalue weighted by Crippen LogP contribution is 2.36. The summed E-state index contributed by atoms with van der Waals surface area (Å²) in [6.07, 6.45) is 3.36. The fraction of sp³-hybridized carbons (Fsp3) is 0.818. The zero-order chi connectivity index (χ0) is 11.1. The van der Waals surface area contributed by atoms with Crippen LogP contribution in [0.4, 0.5) is 0 Å². The van der Waals surface area contributed by atoms with Crippen molar-refractivity contribution >= 4 is 7.12 Å². The molecule has 2 rings (SSSR count). The Kier molecular flexibility index (Phi) is 2.69. The van der Waals surface area contributed by atoms with Gasteiger partial charge in [0, 0.05) is 6.04 Å². The Bertz CT molecular complexity index is 256. The molecule has 4 heteroatoms. The SMILES string of the molecule is CC1(C)OB(/C=C/C2CCN2)OC1(C)C. The quantitative estimate of drug-likeness (QED) is 0.699. The highest BCUT2D eigenvalue weighted by molar-refractivity contribution is 6.51. The van der Waals surface area contributed by atoms with Crippen molar-refractivity contribution < 1.29 is 9.31 Å². The molecule has 0 spiro atoms. The Labute approximate surface area is 92.4 Å². The van der Waals surface area contributed by atoms with E-state index in [1.54, 1.807) is 0 Å². The molecule has 1 atom stereocenters. The lowest BCUT2D eigenvalue weighted by molar-refractivity contribution is 0.00578. The Balaban J connectivity index is 1.93. The number of rotatable bonds is 2. The third-order valence-corrected chi connectivity index (χ3v) is 3.63. The molecular formula is C11H20BNO2. The molecule has 2 aliphatic heterocycles. The first-order valence-corrected chi connectivity index (χ1v) is 5.68. The van der Waals surface area contributed by atoms with E-state index in [0.717, 1.165) is 6.54 Å². The van der Waals surface area contributed by atoms with Crippen LogP contribution in [0.15, 0.2) is 12.1 Å². The minimum absolute atomic E-state index is 0.197. The molecular weight excluding hydrogens is 189 g/mol. The Morgan fingerprint density at radius 2 is 1.73 bits per heavy atom. The van der Waals surface area contributed by atoms with Gasteiger partial charge in [0.2, 0.25) is 0 Å². The maximum Gasteiger partial charge on any atom is 0.486 e. The van der Waals surface area contributed by atoms with E-state index in [0.29, 0.717) is 6.04 Å². The normalized spacial score (nSPS) is 33.3. The zero-order valence-electron chi connectivity index (χ0n) is 10.0. The molecule has 3 nitrogen and oxygen atoms in total. The lowest BCUT2D eigenvalue weighted by atomic mass is 9.88. The standard InChI is InChI=1S/C11H20BNO2/c1-10(2)11(3,4)15-12(14-10)7-5-9-6-8-13-9/h5,7,9,13H,6,8H2,1-4H3/b7-5+. The second kappa shape index (κ2) is 3.61. The van der Waals surface area contributed by atoms with Crippen LogP contribution in [0.1, 0.15) is 34.1 Å². The molecule has 0 aromatic heterocycles. The van der Waals surface area contributed by atoms with Crippen molar-refractivity contribution in [1.29, 1.82) is 0 Å². The summed E-state index contributed by atoms with van der Waals surface area (Å²) < 4.78 is 11.7. The van der Waals surface area contributed by atoms with Crippen molar-refractivity contribution in [3.63, 3.8) is 0 Å². The Morgan fingerprint density at radius 1 is 1.20 bits per heavy atom. The van der Waals surface area contributed by atoms with Crippen molar-refractivity contribution in [2.45, 2.75) is 51.4 Å². The van der Waals surface area contributed by atoms with Gasteiger partial charge in [0.05, 0.1) is 11.2 Å². The molecule has 84 valence electrons. The summed E-state index contributed by atoms with van der Waals surface area (Å²) in [6, 6.07) is 0.518. The van der Waals surface area contributed by atoms with E-state index in [4.69, 9.17) is 9.31 Å². The first-order valence-electron chi connectivity index (χ1n) is 5.68. The molecule has 0 aromatic carbocycles. The van der Waals surface area contributed by atoms with Crippen LogP contribution < -0.4 is 5.32 Å². The van der Waals surface area contributed by atoms with E-state index < -0.39 is 0 Å². The van der Waals surface area contributed by atoms with Gasteiger partial charge in [0.1, 0.15) is 0 Å². The van der Waals surface area contributed by atoms with E-state index in [9.17, 15) is 0 Å². The highest BCUT2D eigenvalue weighted by atomic mass is 16.7. The molecule has 2 saturated heterocycles. The lowest BCUT2D eigenvalue weighted by Crippen LogP contribution is -2.41. The first kappa shape index (κ1) is 11.2. The number of nitrogens with one attached hydrogen (secondary N) is 1. The molecule has 0 radical (unpaired) electrons. The molecule has 0 amide bonds. The average Bonchev–Trinajstić information content (AvgIpc) is 2.17. The van der Waals surface area contributed by atoms with Crippen molar-refractivity contribution in [1.82, 2.24) is 5.32 Å². The van der Waals surface area contributed by atoms with E-state index >= 15 is 0 Å². The van der Waals surface area contributed by atoms with Gasteiger partial charge in [0.15, 0.2) is 0 Å². The molecule has 0 aliphatic carbocycles. The van der Waals surface area contributed by atoms with Gasteiger partial charge in [0.25, 0.3) is 0 Å². The van der Waals surface area contributed by atoms with E-state index in [1.165, 1.54) is 6.42 Å². The van der Waals surface area contributed by atoms with Crippen LogP contribution in [0.5, 0.6) is 0 Å². The van der Waals surface area contributed by atoms with Crippen molar-refractivity contribution in [3.05, 3.63) is 12.1 Å². The van der Waals surface area contributed by atoms with Crippen molar-refractivity contribution in [2.24, 2.45) is 0 Å². The summed E-state index contributed by atoms with van der Waals surface area (Å²) in [4.78, 5) is 0. The molecule has 0 aromatic rings. The van der Waals surface area contributed by atoms with Crippen molar-refractivity contribution in [2.75, 3.05) is 6.54 Å². The van der Waals surface area contributed by atoms with Crippen LogP contribution >= 0.6 is 0 Å². The van der Waals surface area contributed by atoms with Crippen LogP contribution in [0.3, 0.4) is 0 Å². The fourth-order valence-electron chi connectivity index (χ4n) is 1.67. The zero-order valence-corrected chi connectivity index (χ0v) is 10.0. The highest BCUT2D eigenvalue weighted by Gasteiger charge is 2.50. The van der Waals surface area contributed by atoms with Gasteiger partial charge in [-0.05, 0) is 40.7 Å². The van der Waals surface area contributed by atoms with Gasteiger partial charge < -0.3 is 14.6 Å². The fourth-order valence-corrected chi connectivity index (χ4v) is 1.67. The van der Waals surface area contributed by atoms with Gasteiger partial charge in [-0.1, -0.05) is 12.1 Å². The second-order valence-electron chi connectivity index (χ2n) is 5.36. The lowest BCUT2D eigenvalue weighted by Gasteiger charge is -2.32. The van der Waals surface area contributed by atoms with Gasteiger partial charge in [-0.2, -0.15) is 0 Å². The van der Waals surface area contributed by atoms with E-state index in [1.807, 2.05) is 5.98 Å². The summed E-state index contributed by atoms with van der Waals surface area (Å²) in [7, 11) is -0.197. The molecule has 0 saturated carbocycles. The van der Waals surface area contributed by atoms with Crippen LogP contribution in [-0.2, 0) is 9.31 Å². The Hall–Kier alpha value is -0.315. The van der Waals surface area contributed by atoms with Gasteiger partial charge in [-0.25, -0.2) is 0 Å². The Morgan fingerprint density at radius 3 is 2.13 bits per heavy atom. The van der Waals surface area contributed by atoms with E-state index in [-0.39, 0.29) is 18.3 Å². The molecule has 2 heterocycles. The largest absolute Gasteiger partial charge is 0.486 e. The maximum absolute atomic E-state index is 5.85. The smallest absolute Gasteiger partial charge is 0.400 e. The third kappa shape index (κ3) is 2.12. The summed E-state index contributed by atoms with van der Waals surface area (Å²) >= 11 is 0. The van der Waals surface area contributed by atoms with Crippen LogP contribution in [0, 0.1) is 0 Å². The third-order valence-electron chi connectivity index (χ3n) is 3.63. The monoisotopic (exact) mass is 209 g/mol.